The first kappa shape index (κ1) is 24.1. The summed E-state index contributed by atoms with van der Waals surface area (Å²) in [6.07, 6.45) is 5.86. The molecular weight excluding hydrogens is 428 g/mol. The highest BCUT2D eigenvalue weighted by Gasteiger charge is 2.30. The summed E-state index contributed by atoms with van der Waals surface area (Å²) in [5, 5.41) is 3.21. The number of hydrogen-bond donors (Lipinski definition) is 1. The minimum Gasteiger partial charge on any atom is -0.486 e. The molecule has 1 fully saturated rings. The maximum Gasteiger partial charge on any atom is 0.243 e. The van der Waals surface area contributed by atoms with Crippen LogP contribution in [0.2, 0.25) is 0 Å². The Morgan fingerprint density at radius 1 is 1.03 bits per heavy atom. The first-order valence-corrected chi connectivity index (χ1v) is 12.6. The quantitative estimate of drug-likeness (QED) is 0.591. The zero-order chi connectivity index (χ0) is 23.9. The first-order valence-electron chi connectivity index (χ1n) is 12.6. The number of nitrogens with one attached hydrogen (secondary N) is 1. The molecule has 0 saturated heterocycles. The molecule has 0 unspecified atom stereocenters. The number of benzene rings is 2. The lowest BCUT2D eigenvalue weighted by Crippen LogP contribution is -2.51. The van der Waals surface area contributed by atoms with E-state index < -0.39 is 6.04 Å². The van der Waals surface area contributed by atoms with Gasteiger partial charge in [0.05, 0.1) is 0 Å². The SMILES string of the molecule is CC[C@H](C(=O)NC1CCCC1)N(Cc1cccc(C)c1)C(=O)CCc1ccc2c(c1)OCCO2. The zero-order valence-electron chi connectivity index (χ0n) is 20.3. The second-order valence-electron chi connectivity index (χ2n) is 9.40. The van der Waals surface area contributed by atoms with Gasteiger partial charge in [-0.2, -0.15) is 0 Å². The molecule has 0 radical (unpaired) electrons. The van der Waals surface area contributed by atoms with Crippen molar-refractivity contribution in [3.8, 4) is 11.5 Å². The van der Waals surface area contributed by atoms with Crippen molar-refractivity contribution in [1.82, 2.24) is 10.2 Å². The number of amides is 2. The van der Waals surface area contributed by atoms with Gasteiger partial charge in [0.1, 0.15) is 19.3 Å². The molecule has 6 nitrogen and oxygen atoms in total. The molecule has 182 valence electrons. The second-order valence-corrected chi connectivity index (χ2v) is 9.40. The number of nitrogens with zero attached hydrogens (tertiary/aromatic N) is 1. The maximum atomic E-state index is 13.5. The molecular formula is C28H36N2O4. The van der Waals surface area contributed by atoms with Gasteiger partial charge in [-0.05, 0) is 55.9 Å². The van der Waals surface area contributed by atoms with Crippen LogP contribution >= 0.6 is 0 Å². The Balaban J connectivity index is 1.48. The fourth-order valence-corrected chi connectivity index (χ4v) is 4.93. The number of rotatable bonds is 9. The van der Waals surface area contributed by atoms with Gasteiger partial charge in [0.25, 0.3) is 0 Å². The molecule has 0 spiro atoms. The third-order valence-electron chi connectivity index (χ3n) is 6.76. The van der Waals surface area contributed by atoms with Crippen molar-refractivity contribution in [1.29, 1.82) is 0 Å². The van der Waals surface area contributed by atoms with Gasteiger partial charge in [-0.3, -0.25) is 9.59 Å². The Bertz CT molecular complexity index is 1000. The van der Waals surface area contributed by atoms with Gasteiger partial charge in [0.2, 0.25) is 11.8 Å². The van der Waals surface area contributed by atoms with E-state index in [1.165, 1.54) is 0 Å². The number of aryl methyl sites for hydroxylation is 2. The summed E-state index contributed by atoms with van der Waals surface area (Å²) in [6.45, 7) is 5.55. The Kier molecular flexibility index (Phi) is 8.09. The maximum absolute atomic E-state index is 13.5. The van der Waals surface area contributed by atoms with E-state index >= 15 is 0 Å². The number of fused-ring (bicyclic) bond motifs is 1. The minimum atomic E-state index is -0.478. The molecule has 1 aliphatic heterocycles. The number of hydrogen-bond acceptors (Lipinski definition) is 4. The van der Waals surface area contributed by atoms with Gasteiger partial charge in [-0.25, -0.2) is 0 Å². The molecule has 34 heavy (non-hydrogen) atoms. The number of carbonyl (C=O) groups is 2. The van der Waals surface area contributed by atoms with Crippen molar-refractivity contribution in [3.63, 3.8) is 0 Å². The lowest BCUT2D eigenvalue weighted by atomic mass is 10.0. The van der Waals surface area contributed by atoms with Crippen LogP contribution in [0.5, 0.6) is 11.5 Å². The summed E-state index contributed by atoms with van der Waals surface area (Å²) >= 11 is 0. The molecule has 0 aromatic heterocycles. The lowest BCUT2D eigenvalue weighted by molar-refractivity contribution is -0.141. The Hall–Kier alpha value is -3.02. The summed E-state index contributed by atoms with van der Waals surface area (Å²) in [4.78, 5) is 28.5. The average molecular weight is 465 g/mol. The van der Waals surface area contributed by atoms with Crippen LogP contribution in [-0.2, 0) is 22.6 Å². The Morgan fingerprint density at radius 3 is 2.53 bits per heavy atom. The Morgan fingerprint density at radius 2 is 1.79 bits per heavy atom. The number of ether oxygens (including phenoxy) is 2. The predicted molar refractivity (Wildman–Crippen MR) is 132 cm³/mol. The third kappa shape index (κ3) is 6.10. The molecule has 6 heteroatoms. The van der Waals surface area contributed by atoms with Crippen LogP contribution < -0.4 is 14.8 Å². The van der Waals surface area contributed by atoms with E-state index in [0.29, 0.717) is 39.0 Å². The van der Waals surface area contributed by atoms with Crippen molar-refractivity contribution in [3.05, 3.63) is 59.2 Å². The van der Waals surface area contributed by atoms with E-state index in [4.69, 9.17) is 9.47 Å². The van der Waals surface area contributed by atoms with Crippen LogP contribution in [0, 0.1) is 6.92 Å². The lowest BCUT2D eigenvalue weighted by Gasteiger charge is -2.31. The highest BCUT2D eigenvalue weighted by atomic mass is 16.6. The standard InChI is InChI=1S/C28H36N2O4/c1-3-24(28(32)29-23-9-4-5-10-23)30(19-22-8-6-7-20(2)17-22)27(31)14-12-21-11-13-25-26(18-21)34-16-15-33-25/h6-8,11,13,17-18,23-24H,3-5,9-10,12,14-16,19H2,1-2H3,(H,29,32)/t24-/m1/s1. The molecule has 1 aliphatic carbocycles. The monoisotopic (exact) mass is 464 g/mol. The highest BCUT2D eigenvalue weighted by molar-refractivity contribution is 5.88. The molecule has 1 saturated carbocycles. The normalized spacial score (nSPS) is 16.2. The summed E-state index contributed by atoms with van der Waals surface area (Å²) in [5.74, 6) is 1.44. The zero-order valence-corrected chi connectivity index (χ0v) is 20.3. The average Bonchev–Trinajstić information content (AvgIpc) is 3.35. The first-order chi connectivity index (χ1) is 16.5. The summed E-state index contributed by atoms with van der Waals surface area (Å²) in [5.41, 5.74) is 3.21. The Labute approximate surface area is 202 Å². The van der Waals surface area contributed by atoms with Gasteiger partial charge < -0.3 is 19.7 Å². The van der Waals surface area contributed by atoms with Crippen molar-refractivity contribution in [2.24, 2.45) is 0 Å². The van der Waals surface area contributed by atoms with Crippen LogP contribution in [0.3, 0.4) is 0 Å². The van der Waals surface area contributed by atoms with Crippen LogP contribution in [-0.4, -0.2) is 42.0 Å². The molecule has 4 rings (SSSR count). The highest BCUT2D eigenvalue weighted by Crippen LogP contribution is 2.31. The van der Waals surface area contributed by atoms with E-state index in [1.54, 1.807) is 4.90 Å². The van der Waals surface area contributed by atoms with Crippen LogP contribution in [0.25, 0.3) is 0 Å². The predicted octanol–water partition coefficient (Wildman–Crippen LogP) is 4.57. The molecule has 2 aromatic rings. The molecule has 2 amide bonds. The van der Waals surface area contributed by atoms with Crippen molar-refractivity contribution in [2.45, 2.75) is 77.4 Å². The van der Waals surface area contributed by atoms with Gasteiger partial charge in [0, 0.05) is 19.0 Å². The fraction of sp³-hybridized carbons (Fsp3) is 0.500. The summed E-state index contributed by atoms with van der Waals surface area (Å²) in [6, 6.07) is 13.8. The molecule has 0 bridgehead atoms. The molecule has 1 heterocycles. The summed E-state index contributed by atoms with van der Waals surface area (Å²) < 4.78 is 11.3. The molecule has 1 N–H and O–H groups in total. The second kappa shape index (κ2) is 11.4. The molecule has 2 aromatic carbocycles. The van der Waals surface area contributed by atoms with Crippen LogP contribution in [0.1, 0.15) is 62.1 Å². The third-order valence-corrected chi connectivity index (χ3v) is 6.76. The van der Waals surface area contributed by atoms with Crippen LogP contribution in [0.4, 0.5) is 0 Å². The topological polar surface area (TPSA) is 67.9 Å². The van der Waals surface area contributed by atoms with E-state index in [2.05, 4.69) is 11.4 Å². The van der Waals surface area contributed by atoms with Gasteiger partial charge in [-0.1, -0.05) is 55.7 Å². The largest absolute Gasteiger partial charge is 0.486 e. The van der Waals surface area contributed by atoms with E-state index in [0.717, 1.165) is 53.9 Å². The van der Waals surface area contributed by atoms with Crippen molar-refractivity contribution in [2.75, 3.05) is 13.2 Å². The molecule has 2 aliphatic rings. The van der Waals surface area contributed by atoms with E-state index in [-0.39, 0.29) is 17.9 Å². The van der Waals surface area contributed by atoms with Gasteiger partial charge in [-0.15, -0.1) is 0 Å². The van der Waals surface area contributed by atoms with E-state index in [9.17, 15) is 9.59 Å². The fourth-order valence-electron chi connectivity index (χ4n) is 4.93. The number of carbonyl (C=O) groups excluding carboxylic acids is 2. The van der Waals surface area contributed by atoms with Crippen LogP contribution in [0.15, 0.2) is 42.5 Å². The van der Waals surface area contributed by atoms with Gasteiger partial charge in [0.15, 0.2) is 11.5 Å². The van der Waals surface area contributed by atoms with Crippen molar-refractivity contribution < 1.29 is 19.1 Å². The smallest absolute Gasteiger partial charge is 0.243 e. The van der Waals surface area contributed by atoms with Crippen molar-refractivity contribution >= 4 is 11.8 Å². The summed E-state index contributed by atoms with van der Waals surface area (Å²) in [7, 11) is 0. The minimum absolute atomic E-state index is 0.00943. The van der Waals surface area contributed by atoms with Gasteiger partial charge >= 0.3 is 0 Å². The molecule has 1 atom stereocenters. The van der Waals surface area contributed by atoms with E-state index in [1.807, 2.05) is 50.2 Å².